The summed E-state index contributed by atoms with van der Waals surface area (Å²) in [4.78, 5) is 13.6. The van der Waals surface area contributed by atoms with Crippen LogP contribution in [0.4, 0.5) is 5.82 Å². The van der Waals surface area contributed by atoms with Gasteiger partial charge in [0.25, 0.3) is 0 Å². The van der Waals surface area contributed by atoms with E-state index in [1.54, 1.807) is 0 Å². The molecule has 0 spiro atoms. The Morgan fingerprint density at radius 1 is 1.00 bits per heavy atom. The number of fused-ring (bicyclic) bond motifs is 1. The van der Waals surface area contributed by atoms with Gasteiger partial charge in [-0.3, -0.25) is 9.88 Å². The molecular formula is C21H21N5. The van der Waals surface area contributed by atoms with E-state index in [1.807, 2.05) is 42.9 Å². The molecule has 26 heavy (non-hydrogen) atoms. The molecule has 0 saturated carbocycles. The highest BCUT2D eigenvalue weighted by Gasteiger charge is 2.23. The molecule has 1 aromatic carbocycles. The number of pyridine rings is 2. The lowest BCUT2D eigenvalue weighted by atomic mass is 10.1. The van der Waals surface area contributed by atoms with Crippen molar-refractivity contribution >= 4 is 16.6 Å². The van der Waals surface area contributed by atoms with E-state index in [9.17, 15) is 5.26 Å². The Kier molecular flexibility index (Phi) is 4.51. The summed E-state index contributed by atoms with van der Waals surface area (Å²) in [6, 6.07) is 14.6. The molecule has 0 N–H and O–H groups in total. The Balaban J connectivity index is 1.53. The Bertz CT molecular complexity index is 940. The first kappa shape index (κ1) is 16.5. The van der Waals surface area contributed by atoms with E-state index in [0.29, 0.717) is 11.6 Å². The van der Waals surface area contributed by atoms with E-state index in [2.05, 4.69) is 44.9 Å². The summed E-state index contributed by atoms with van der Waals surface area (Å²) in [6.07, 6.45) is 5.57. The maximum atomic E-state index is 9.21. The van der Waals surface area contributed by atoms with Crippen LogP contribution in [0.5, 0.6) is 0 Å². The SMILES string of the molecule is CC(c1ccncc1)N1CCN(c2nccc3ccc(C#N)cc23)CC1. The molecule has 1 aliphatic rings. The lowest BCUT2D eigenvalue weighted by molar-refractivity contribution is 0.198. The third-order valence-electron chi connectivity index (χ3n) is 5.22. The summed E-state index contributed by atoms with van der Waals surface area (Å²) in [6.45, 7) is 6.08. The molecule has 1 unspecified atom stereocenters. The lowest BCUT2D eigenvalue weighted by Gasteiger charge is -2.39. The fourth-order valence-electron chi connectivity index (χ4n) is 3.65. The number of anilines is 1. The molecule has 0 bridgehead atoms. The number of hydrogen-bond acceptors (Lipinski definition) is 5. The number of piperazine rings is 1. The van der Waals surface area contributed by atoms with Crippen LogP contribution in [0.15, 0.2) is 55.0 Å². The molecule has 2 aromatic heterocycles. The number of rotatable bonds is 3. The molecule has 1 atom stereocenters. The third-order valence-corrected chi connectivity index (χ3v) is 5.22. The summed E-state index contributed by atoms with van der Waals surface area (Å²) < 4.78 is 0. The Morgan fingerprint density at radius 3 is 2.50 bits per heavy atom. The van der Waals surface area contributed by atoms with E-state index >= 15 is 0 Å². The van der Waals surface area contributed by atoms with Crippen molar-refractivity contribution in [3.8, 4) is 6.07 Å². The van der Waals surface area contributed by atoms with E-state index in [-0.39, 0.29) is 0 Å². The first-order valence-electron chi connectivity index (χ1n) is 8.94. The van der Waals surface area contributed by atoms with Gasteiger partial charge in [0.15, 0.2) is 0 Å². The van der Waals surface area contributed by atoms with Crippen LogP contribution in [0.3, 0.4) is 0 Å². The van der Waals surface area contributed by atoms with Crippen LogP contribution >= 0.6 is 0 Å². The van der Waals surface area contributed by atoms with Crippen molar-refractivity contribution in [2.24, 2.45) is 0 Å². The highest BCUT2D eigenvalue weighted by Crippen LogP contribution is 2.28. The Hall–Kier alpha value is -2.97. The summed E-state index contributed by atoms with van der Waals surface area (Å²) >= 11 is 0. The van der Waals surface area contributed by atoms with Crippen LogP contribution in [0.1, 0.15) is 24.1 Å². The lowest BCUT2D eigenvalue weighted by Crippen LogP contribution is -2.47. The van der Waals surface area contributed by atoms with E-state index in [4.69, 9.17) is 0 Å². The minimum atomic E-state index is 0.380. The molecule has 1 aliphatic heterocycles. The van der Waals surface area contributed by atoms with Crippen molar-refractivity contribution in [2.75, 3.05) is 31.1 Å². The number of hydrogen-bond donors (Lipinski definition) is 0. The van der Waals surface area contributed by atoms with Gasteiger partial charge in [0.1, 0.15) is 5.82 Å². The Labute approximate surface area is 153 Å². The molecule has 4 rings (SSSR count). The predicted molar refractivity (Wildman–Crippen MR) is 103 cm³/mol. The molecule has 1 saturated heterocycles. The highest BCUT2D eigenvalue weighted by molar-refractivity contribution is 5.93. The summed E-state index contributed by atoms with van der Waals surface area (Å²) in [7, 11) is 0. The third kappa shape index (κ3) is 3.12. The normalized spacial score (nSPS) is 16.4. The van der Waals surface area contributed by atoms with Crippen LogP contribution in [0, 0.1) is 11.3 Å². The fourth-order valence-corrected chi connectivity index (χ4v) is 3.65. The largest absolute Gasteiger partial charge is 0.354 e. The van der Waals surface area contributed by atoms with E-state index in [0.717, 1.165) is 42.8 Å². The fraction of sp³-hybridized carbons (Fsp3) is 0.286. The summed E-state index contributed by atoms with van der Waals surface area (Å²) in [5, 5.41) is 11.4. The second-order valence-electron chi connectivity index (χ2n) is 6.66. The zero-order valence-electron chi connectivity index (χ0n) is 14.8. The molecule has 5 heteroatoms. The molecule has 0 radical (unpaired) electrons. The smallest absolute Gasteiger partial charge is 0.136 e. The Morgan fingerprint density at radius 2 is 1.77 bits per heavy atom. The van der Waals surface area contributed by atoms with Gasteiger partial charge in [-0.15, -0.1) is 0 Å². The van der Waals surface area contributed by atoms with Crippen LogP contribution in [-0.4, -0.2) is 41.0 Å². The van der Waals surface area contributed by atoms with E-state index in [1.165, 1.54) is 5.56 Å². The molecule has 130 valence electrons. The molecule has 0 amide bonds. The van der Waals surface area contributed by atoms with Gasteiger partial charge in [-0.05, 0) is 48.2 Å². The first-order chi connectivity index (χ1) is 12.8. The average molecular weight is 343 g/mol. The monoisotopic (exact) mass is 343 g/mol. The van der Waals surface area contributed by atoms with Crippen LogP contribution in [0.25, 0.3) is 10.8 Å². The van der Waals surface area contributed by atoms with Gasteiger partial charge >= 0.3 is 0 Å². The molecule has 1 fully saturated rings. The van der Waals surface area contributed by atoms with E-state index < -0.39 is 0 Å². The second kappa shape index (κ2) is 7.11. The van der Waals surface area contributed by atoms with Gasteiger partial charge in [0, 0.05) is 56.2 Å². The van der Waals surface area contributed by atoms with Crippen LogP contribution in [0.2, 0.25) is 0 Å². The van der Waals surface area contributed by atoms with Crippen molar-refractivity contribution in [3.63, 3.8) is 0 Å². The standard InChI is InChI=1S/C21H21N5/c1-16(18-4-7-23-8-5-18)25-10-12-26(13-11-25)21-20-14-17(15-22)2-3-19(20)6-9-24-21/h2-9,14,16H,10-13H2,1H3. The second-order valence-corrected chi connectivity index (χ2v) is 6.66. The zero-order chi connectivity index (χ0) is 17.9. The van der Waals surface area contributed by atoms with Gasteiger partial charge in [-0.1, -0.05) is 6.07 Å². The van der Waals surface area contributed by atoms with Crippen molar-refractivity contribution < 1.29 is 0 Å². The molecule has 3 heterocycles. The minimum Gasteiger partial charge on any atom is -0.354 e. The molecule has 5 nitrogen and oxygen atoms in total. The molecule has 3 aromatic rings. The van der Waals surface area contributed by atoms with Gasteiger partial charge < -0.3 is 4.90 Å². The zero-order valence-corrected chi connectivity index (χ0v) is 14.8. The quantitative estimate of drug-likeness (QED) is 0.730. The molecule has 0 aliphatic carbocycles. The van der Waals surface area contributed by atoms with Crippen molar-refractivity contribution in [2.45, 2.75) is 13.0 Å². The molecular weight excluding hydrogens is 322 g/mol. The summed E-state index contributed by atoms with van der Waals surface area (Å²) in [5.74, 6) is 0.982. The van der Waals surface area contributed by atoms with Crippen LogP contribution in [-0.2, 0) is 0 Å². The number of nitriles is 1. The number of benzene rings is 1. The maximum Gasteiger partial charge on any atom is 0.136 e. The highest BCUT2D eigenvalue weighted by atomic mass is 15.3. The first-order valence-corrected chi connectivity index (χ1v) is 8.94. The van der Waals surface area contributed by atoms with Gasteiger partial charge in [0.2, 0.25) is 0 Å². The van der Waals surface area contributed by atoms with Gasteiger partial charge in [-0.25, -0.2) is 4.98 Å². The average Bonchev–Trinajstić information content (AvgIpc) is 2.73. The summed E-state index contributed by atoms with van der Waals surface area (Å²) in [5.41, 5.74) is 1.98. The minimum absolute atomic E-state index is 0.380. The van der Waals surface area contributed by atoms with Crippen molar-refractivity contribution in [1.29, 1.82) is 5.26 Å². The van der Waals surface area contributed by atoms with Gasteiger partial charge in [-0.2, -0.15) is 5.26 Å². The number of aromatic nitrogens is 2. The van der Waals surface area contributed by atoms with Crippen molar-refractivity contribution in [1.82, 2.24) is 14.9 Å². The topological polar surface area (TPSA) is 56.1 Å². The van der Waals surface area contributed by atoms with Crippen molar-refractivity contribution in [3.05, 3.63) is 66.1 Å². The predicted octanol–water partition coefficient (Wildman–Crippen LogP) is 3.38. The van der Waals surface area contributed by atoms with Crippen LogP contribution < -0.4 is 4.90 Å². The number of nitrogens with zero attached hydrogens (tertiary/aromatic N) is 5. The van der Waals surface area contributed by atoms with Gasteiger partial charge in [0.05, 0.1) is 11.6 Å². The maximum absolute atomic E-state index is 9.21.